The molecule has 2 nitrogen and oxygen atoms in total. The van der Waals surface area contributed by atoms with Gasteiger partial charge in [0.25, 0.3) is 0 Å². The van der Waals surface area contributed by atoms with Crippen LogP contribution < -0.4 is 5.30 Å². The van der Waals surface area contributed by atoms with Gasteiger partial charge in [0, 0.05) is 5.30 Å². The standard InChI is InChI=1S/C9H10ClO2PS/c1-12-9(11)7-14-13(10)8-5-3-2-4-6-8/h2-6H,7H2,1H3. The third kappa shape index (κ3) is 3.87. The quantitative estimate of drug-likeness (QED) is 0.605. The maximum atomic E-state index is 10.9. The van der Waals surface area contributed by atoms with Crippen LogP contribution in [-0.2, 0) is 9.53 Å². The zero-order valence-electron chi connectivity index (χ0n) is 7.64. The van der Waals surface area contributed by atoms with Gasteiger partial charge in [-0.2, -0.15) is 0 Å². The molecule has 76 valence electrons. The van der Waals surface area contributed by atoms with Gasteiger partial charge in [-0.1, -0.05) is 41.6 Å². The first kappa shape index (κ1) is 11.8. The van der Waals surface area contributed by atoms with Gasteiger partial charge in [-0.05, 0) is 0 Å². The minimum Gasteiger partial charge on any atom is -0.468 e. The highest BCUT2D eigenvalue weighted by atomic mass is 35.7. The number of carbonyl (C=O) groups is 1. The van der Waals surface area contributed by atoms with Crippen molar-refractivity contribution in [3.05, 3.63) is 30.3 Å². The van der Waals surface area contributed by atoms with Crippen LogP contribution in [0.2, 0.25) is 0 Å². The molecular formula is C9H10ClO2PS. The summed E-state index contributed by atoms with van der Waals surface area (Å²) >= 11 is 7.55. The summed E-state index contributed by atoms with van der Waals surface area (Å²) in [5, 5.41) is 1.07. The van der Waals surface area contributed by atoms with Crippen molar-refractivity contribution >= 4 is 40.4 Å². The summed E-state index contributed by atoms with van der Waals surface area (Å²) in [6, 6.07) is 9.73. The minimum atomic E-state index is -0.826. The molecule has 0 saturated carbocycles. The molecule has 0 fully saturated rings. The predicted molar refractivity (Wildman–Crippen MR) is 63.3 cm³/mol. The van der Waals surface area contributed by atoms with Crippen molar-refractivity contribution in [1.29, 1.82) is 0 Å². The van der Waals surface area contributed by atoms with Gasteiger partial charge >= 0.3 is 5.97 Å². The number of carbonyl (C=O) groups excluding carboxylic acids is 1. The molecule has 1 aromatic carbocycles. The molecule has 0 aliphatic carbocycles. The zero-order valence-corrected chi connectivity index (χ0v) is 10.1. The molecule has 1 atom stereocenters. The molecule has 0 N–H and O–H groups in total. The Morgan fingerprint density at radius 2 is 2.14 bits per heavy atom. The number of hydrogen-bond acceptors (Lipinski definition) is 3. The fourth-order valence-corrected chi connectivity index (χ4v) is 3.93. The average Bonchev–Trinajstić information content (AvgIpc) is 2.26. The van der Waals surface area contributed by atoms with Gasteiger partial charge in [0.1, 0.15) is 0 Å². The molecule has 0 aromatic heterocycles. The third-order valence-electron chi connectivity index (χ3n) is 1.48. The molecular weight excluding hydrogens is 239 g/mol. The first-order valence-electron chi connectivity index (χ1n) is 3.94. The number of hydrogen-bond donors (Lipinski definition) is 0. The van der Waals surface area contributed by atoms with E-state index < -0.39 is 6.48 Å². The summed E-state index contributed by atoms with van der Waals surface area (Å²) in [4.78, 5) is 10.9. The number of esters is 1. The lowest BCUT2D eigenvalue weighted by molar-refractivity contribution is -0.137. The number of methoxy groups -OCH3 is 1. The van der Waals surface area contributed by atoms with Crippen LogP contribution in [0.4, 0.5) is 0 Å². The van der Waals surface area contributed by atoms with Gasteiger partial charge in [0.2, 0.25) is 0 Å². The Kier molecular flexibility index (Phi) is 5.31. The summed E-state index contributed by atoms with van der Waals surface area (Å²) < 4.78 is 4.53. The highest BCUT2D eigenvalue weighted by molar-refractivity contribution is 8.65. The van der Waals surface area contributed by atoms with Gasteiger partial charge in [-0.25, -0.2) is 0 Å². The van der Waals surface area contributed by atoms with Crippen molar-refractivity contribution < 1.29 is 9.53 Å². The molecule has 0 amide bonds. The molecule has 0 radical (unpaired) electrons. The zero-order chi connectivity index (χ0) is 10.4. The molecule has 0 heterocycles. The van der Waals surface area contributed by atoms with Crippen LogP contribution >= 0.6 is 29.1 Å². The van der Waals surface area contributed by atoms with Gasteiger partial charge in [0.15, 0.2) is 0 Å². The van der Waals surface area contributed by atoms with Crippen molar-refractivity contribution in [2.45, 2.75) is 0 Å². The van der Waals surface area contributed by atoms with Crippen molar-refractivity contribution in [3.8, 4) is 0 Å². The molecule has 0 aliphatic heterocycles. The summed E-state index contributed by atoms with van der Waals surface area (Å²) in [6.45, 7) is -0.826. The largest absolute Gasteiger partial charge is 0.468 e. The Morgan fingerprint density at radius 1 is 1.50 bits per heavy atom. The lowest BCUT2D eigenvalue weighted by Gasteiger charge is -2.07. The molecule has 14 heavy (non-hydrogen) atoms. The maximum Gasteiger partial charge on any atom is 0.316 e. The molecule has 0 bridgehead atoms. The van der Waals surface area contributed by atoms with Crippen molar-refractivity contribution in [2.24, 2.45) is 0 Å². The summed E-state index contributed by atoms with van der Waals surface area (Å²) in [5.74, 6) is 0.0692. The van der Waals surface area contributed by atoms with Crippen molar-refractivity contribution in [1.82, 2.24) is 0 Å². The fraction of sp³-hybridized carbons (Fsp3) is 0.222. The maximum absolute atomic E-state index is 10.9. The summed E-state index contributed by atoms with van der Waals surface area (Å²) in [7, 11) is 1.38. The van der Waals surface area contributed by atoms with E-state index in [1.54, 1.807) is 0 Å². The molecule has 1 rings (SSSR count). The fourth-order valence-electron chi connectivity index (χ4n) is 0.788. The Labute approximate surface area is 93.3 Å². The lowest BCUT2D eigenvalue weighted by atomic mass is 10.4. The number of ether oxygens (including phenoxy) is 1. The normalized spacial score (nSPS) is 12.1. The smallest absolute Gasteiger partial charge is 0.316 e. The Bertz CT molecular complexity index is 294. The SMILES string of the molecule is COC(=O)CSP(Cl)c1ccccc1. The van der Waals surface area contributed by atoms with Crippen LogP contribution in [0.1, 0.15) is 0 Å². The van der Waals surface area contributed by atoms with E-state index in [1.165, 1.54) is 18.5 Å². The summed E-state index contributed by atoms with van der Waals surface area (Å²) in [5.41, 5.74) is 0. The second-order valence-corrected chi connectivity index (χ2v) is 7.47. The monoisotopic (exact) mass is 248 g/mol. The molecule has 5 heteroatoms. The first-order chi connectivity index (χ1) is 6.74. The predicted octanol–water partition coefficient (Wildman–Crippen LogP) is 2.77. The van der Waals surface area contributed by atoms with Crippen molar-refractivity contribution in [3.63, 3.8) is 0 Å². The molecule has 1 aromatic rings. The van der Waals surface area contributed by atoms with Crippen LogP contribution in [0, 0.1) is 0 Å². The minimum absolute atomic E-state index is 0.237. The third-order valence-corrected chi connectivity index (χ3v) is 5.94. The van der Waals surface area contributed by atoms with E-state index in [1.807, 2.05) is 30.3 Å². The lowest BCUT2D eigenvalue weighted by Crippen LogP contribution is -2.03. The van der Waals surface area contributed by atoms with E-state index in [2.05, 4.69) is 4.74 Å². The van der Waals surface area contributed by atoms with Gasteiger partial charge in [-0.15, -0.1) is 11.4 Å². The van der Waals surface area contributed by atoms with E-state index in [-0.39, 0.29) is 5.97 Å². The summed E-state index contributed by atoms with van der Waals surface area (Å²) in [6.07, 6.45) is 0. The van der Waals surface area contributed by atoms with Gasteiger partial charge < -0.3 is 4.74 Å². The molecule has 0 spiro atoms. The Morgan fingerprint density at radius 3 is 2.71 bits per heavy atom. The van der Waals surface area contributed by atoms with E-state index in [0.29, 0.717) is 5.75 Å². The van der Waals surface area contributed by atoms with E-state index in [0.717, 1.165) is 5.30 Å². The highest BCUT2D eigenvalue weighted by Crippen LogP contribution is 2.53. The highest BCUT2D eigenvalue weighted by Gasteiger charge is 2.10. The topological polar surface area (TPSA) is 26.3 Å². The van der Waals surface area contributed by atoms with Crippen LogP contribution in [-0.4, -0.2) is 18.8 Å². The number of halogens is 1. The number of rotatable bonds is 4. The van der Waals surface area contributed by atoms with Crippen LogP contribution in [0.15, 0.2) is 30.3 Å². The van der Waals surface area contributed by atoms with Crippen LogP contribution in [0.5, 0.6) is 0 Å². The van der Waals surface area contributed by atoms with E-state index in [9.17, 15) is 4.79 Å². The number of benzene rings is 1. The second-order valence-electron chi connectivity index (χ2n) is 2.43. The Hall–Kier alpha value is -0.240. The van der Waals surface area contributed by atoms with E-state index in [4.69, 9.17) is 11.2 Å². The second kappa shape index (κ2) is 6.28. The molecule has 1 unspecified atom stereocenters. The average molecular weight is 249 g/mol. The van der Waals surface area contributed by atoms with Crippen LogP contribution in [0.25, 0.3) is 0 Å². The van der Waals surface area contributed by atoms with Gasteiger partial charge in [0.05, 0.1) is 19.3 Å². The first-order valence-corrected chi connectivity index (χ1v) is 7.78. The molecule has 0 aliphatic rings. The van der Waals surface area contributed by atoms with Gasteiger partial charge in [-0.3, -0.25) is 4.79 Å². The van der Waals surface area contributed by atoms with Crippen molar-refractivity contribution in [2.75, 3.05) is 12.9 Å². The Balaban J connectivity index is 2.43. The molecule has 0 saturated heterocycles. The van der Waals surface area contributed by atoms with Crippen LogP contribution in [0.3, 0.4) is 0 Å². The van der Waals surface area contributed by atoms with E-state index >= 15 is 0 Å².